The number of piperazine rings is 1. The Balaban J connectivity index is 1.53. The zero-order chi connectivity index (χ0) is 17.2. The Hall–Kier alpha value is -1.37. The molecule has 0 radical (unpaired) electrons. The van der Waals surface area contributed by atoms with Crippen molar-refractivity contribution in [2.75, 3.05) is 37.7 Å². The molecule has 3 rings (SSSR count). The quantitative estimate of drug-likeness (QED) is 0.778. The van der Waals surface area contributed by atoms with Crippen molar-refractivity contribution in [3.05, 3.63) is 40.9 Å². The number of halogens is 1. The standard InChI is InChI=1S/C17H21ClN2O3S/c18-16-4-2-1-3-14(16)5-6-17(21)20-10-8-19(9-11-20)15-7-12-24(22,23)13-15/h1-6,15H,7-13H2/p+1/b6-5+/t15-/m1/s1. The molecule has 1 N–H and O–H groups in total. The van der Waals surface area contributed by atoms with Gasteiger partial charge in [-0.25, -0.2) is 8.42 Å². The van der Waals surface area contributed by atoms with Gasteiger partial charge in [-0.3, -0.25) is 4.79 Å². The Morgan fingerprint density at radius 1 is 1.25 bits per heavy atom. The number of rotatable bonds is 3. The maximum atomic E-state index is 12.3. The van der Waals surface area contributed by atoms with Crippen molar-refractivity contribution >= 4 is 33.4 Å². The number of amides is 1. The van der Waals surface area contributed by atoms with Crippen LogP contribution < -0.4 is 4.90 Å². The first kappa shape index (κ1) is 17.5. The van der Waals surface area contributed by atoms with Gasteiger partial charge >= 0.3 is 0 Å². The lowest BCUT2D eigenvalue weighted by molar-refractivity contribution is -0.925. The van der Waals surface area contributed by atoms with Crippen molar-refractivity contribution in [2.45, 2.75) is 12.5 Å². The molecular weight excluding hydrogens is 348 g/mol. The lowest BCUT2D eigenvalue weighted by Gasteiger charge is -2.34. The van der Waals surface area contributed by atoms with Gasteiger partial charge in [0.1, 0.15) is 11.8 Å². The second-order valence-electron chi connectivity index (χ2n) is 6.44. The Kier molecular flexibility index (Phi) is 5.27. The van der Waals surface area contributed by atoms with E-state index >= 15 is 0 Å². The van der Waals surface area contributed by atoms with E-state index in [1.54, 1.807) is 18.2 Å². The fourth-order valence-corrected chi connectivity index (χ4v) is 5.44. The zero-order valence-corrected chi connectivity index (χ0v) is 15.0. The summed E-state index contributed by atoms with van der Waals surface area (Å²) in [5.74, 6) is 0.584. The van der Waals surface area contributed by atoms with Crippen molar-refractivity contribution in [1.29, 1.82) is 0 Å². The lowest BCUT2D eigenvalue weighted by atomic mass is 10.2. The molecular formula is C17H22ClN2O3S+. The SMILES string of the molecule is O=C(/C=C/c1ccccc1Cl)N1CC[NH+]([C@@H]2CCS(=O)(=O)C2)CC1. The van der Waals surface area contributed by atoms with Crippen LogP contribution in [0.2, 0.25) is 5.02 Å². The van der Waals surface area contributed by atoms with Crippen LogP contribution in [0.25, 0.3) is 6.08 Å². The normalized spacial score (nSPS) is 24.5. The molecule has 0 saturated carbocycles. The lowest BCUT2D eigenvalue weighted by Crippen LogP contribution is -3.18. The Morgan fingerprint density at radius 2 is 1.96 bits per heavy atom. The molecule has 2 fully saturated rings. The molecule has 0 spiro atoms. The summed E-state index contributed by atoms with van der Waals surface area (Å²) in [4.78, 5) is 15.4. The molecule has 0 unspecified atom stereocenters. The van der Waals surface area contributed by atoms with E-state index < -0.39 is 9.84 Å². The maximum Gasteiger partial charge on any atom is 0.246 e. The average molecular weight is 370 g/mol. The fraction of sp³-hybridized carbons (Fsp3) is 0.471. The van der Waals surface area contributed by atoms with Gasteiger partial charge in [0.25, 0.3) is 0 Å². The monoisotopic (exact) mass is 369 g/mol. The smallest absolute Gasteiger partial charge is 0.246 e. The van der Waals surface area contributed by atoms with Crippen LogP contribution in [0.15, 0.2) is 30.3 Å². The summed E-state index contributed by atoms with van der Waals surface area (Å²) in [6, 6.07) is 7.60. The van der Waals surface area contributed by atoms with Gasteiger partial charge in [0.05, 0.1) is 31.9 Å². The highest BCUT2D eigenvalue weighted by Crippen LogP contribution is 2.16. The van der Waals surface area contributed by atoms with Gasteiger partial charge in [-0.15, -0.1) is 0 Å². The topological polar surface area (TPSA) is 58.9 Å². The first-order chi connectivity index (χ1) is 11.4. The summed E-state index contributed by atoms with van der Waals surface area (Å²) in [6.45, 7) is 2.95. The van der Waals surface area contributed by atoms with E-state index in [-0.39, 0.29) is 11.9 Å². The average Bonchev–Trinajstić information content (AvgIpc) is 2.94. The fourth-order valence-electron chi connectivity index (χ4n) is 3.42. The molecule has 0 bridgehead atoms. The summed E-state index contributed by atoms with van der Waals surface area (Å²) in [5, 5.41) is 0.623. The zero-order valence-electron chi connectivity index (χ0n) is 13.4. The van der Waals surface area contributed by atoms with Crippen molar-refractivity contribution < 1.29 is 18.1 Å². The van der Waals surface area contributed by atoms with Gasteiger partial charge in [0.2, 0.25) is 5.91 Å². The third-order valence-electron chi connectivity index (χ3n) is 4.84. The highest BCUT2D eigenvalue weighted by atomic mass is 35.5. The van der Waals surface area contributed by atoms with E-state index in [9.17, 15) is 13.2 Å². The van der Waals surface area contributed by atoms with E-state index in [1.165, 1.54) is 4.90 Å². The molecule has 24 heavy (non-hydrogen) atoms. The number of hydrogen-bond acceptors (Lipinski definition) is 3. The summed E-state index contributed by atoms with van der Waals surface area (Å²) in [7, 11) is -2.84. The number of sulfone groups is 1. The van der Waals surface area contributed by atoms with Crippen LogP contribution in [0.1, 0.15) is 12.0 Å². The van der Waals surface area contributed by atoms with E-state index in [0.717, 1.165) is 25.1 Å². The summed E-state index contributed by atoms with van der Waals surface area (Å²) in [6.07, 6.45) is 4.05. The van der Waals surface area contributed by atoms with Gasteiger partial charge in [0.15, 0.2) is 9.84 Å². The number of quaternary nitrogens is 1. The second-order valence-corrected chi connectivity index (χ2v) is 9.07. The molecule has 0 aliphatic carbocycles. The van der Waals surface area contributed by atoms with Crippen molar-refractivity contribution in [1.82, 2.24) is 4.90 Å². The first-order valence-corrected chi connectivity index (χ1v) is 10.4. The predicted molar refractivity (Wildman–Crippen MR) is 94.8 cm³/mol. The van der Waals surface area contributed by atoms with E-state index in [2.05, 4.69) is 0 Å². The molecule has 0 aromatic heterocycles. The Morgan fingerprint density at radius 3 is 2.58 bits per heavy atom. The Labute approximate surface area is 147 Å². The summed E-state index contributed by atoms with van der Waals surface area (Å²) < 4.78 is 23.2. The van der Waals surface area contributed by atoms with E-state index in [4.69, 9.17) is 11.6 Å². The molecule has 1 atom stereocenters. The van der Waals surface area contributed by atoms with Crippen LogP contribution in [0.4, 0.5) is 0 Å². The highest BCUT2D eigenvalue weighted by Gasteiger charge is 2.37. The summed E-state index contributed by atoms with van der Waals surface area (Å²) >= 11 is 6.08. The first-order valence-electron chi connectivity index (χ1n) is 8.21. The van der Waals surface area contributed by atoms with Gasteiger partial charge in [-0.1, -0.05) is 29.8 Å². The predicted octanol–water partition coefficient (Wildman–Crippen LogP) is 0.267. The number of nitrogens with zero attached hydrogens (tertiary/aromatic N) is 1. The minimum absolute atomic E-state index is 0.0204. The minimum atomic E-state index is -2.84. The highest BCUT2D eigenvalue weighted by molar-refractivity contribution is 7.91. The number of carbonyl (C=O) groups is 1. The molecule has 130 valence electrons. The van der Waals surface area contributed by atoms with Crippen LogP contribution in [-0.4, -0.2) is 63.0 Å². The molecule has 2 aliphatic heterocycles. The maximum absolute atomic E-state index is 12.3. The van der Waals surface area contributed by atoms with Gasteiger partial charge in [0, 0.05) is 17.5 Å². The molecule has 5 nitrogen and oxygen atoms in total. The van der Waals surface area contributed by atoms with Crippen LogP contribution in [0, 0.1) is 0 Å². The molecule has 2 aliphatic rings. The molecule has 1 amide bonds. The van der Waals surface area contributed by atoms with Gasteiger partial charge in [-0.2, -0.15) is 0 Å². The molecule has 1 aromatic carbocycles. The number of hydrogen-bond donors (Lipinski definition) is 1. The van der Waals surface area contributed by atoms with Gasteiger partial charge in [-0.05, 0) is 17.7 Å². The third kappa shape index (κ3) is 4.18. The van der Waals surface area contributed by atoms with E-state index in [1.807, 2.05) is 23.1 Å². The number of benzene rings is 1. The van der Waals surface area contributed by atoms with Crippen LogP contribution in [0.3, 0.4) is 0 Å². The van der Waals surface area contributed by atoms with Crippen LogP contribution in [-0.2, 0) is 14.6 Å². The number of nitrogens with one attached hydrogen (secondary N) is 1. The second kappa shape index (κ2) is 7.25. The molecule has 2 saturated heterocycles. The molecule has 2 heterocycles. The van der Waals surface area contributed by atoms with Crippen molar-refractivity contribution in [3.63, 3.8) is 0 Å². The third-order valence-corrected chi connectivity index (χ3v) is 6.95. The Bertz CT molecular complexity index is 740. The number of carbonyl (C=O) groups excluding carboxylic acids is 1. The minimum Gasteiger partial charge on any atom is -0.329 e. The van der Waals surface area contributed by atoms with Gasteiger partial charge < -0.3 is 9.80 Å². The van der Waals surface area contributed by atoms with Crippen molar-refractivity contribution in [3.8, 4) is 0 Å². The van der Waals surface area contributed by atoms with Crippen LogP contribution >= 0.6 is 11.6 Å². The largest absolute Gasteiger partial charge is 0.329 e. The van der Waals surface area contributed by atoms with Crippen LogP contribution in [0.5, 0.6) is 0 Å². The molecule has 7 heteroatoms. The summed E-state index contributed by atoms with van der Waals surface area (Å²) in [5.41, 5.74) is 0.827. The van der Waals surface area contributed by atoms with E-state index in [0.29, 0.717) is 29.6 Å². The van der Waals surface area contributed by atoms with Crippen molar-refractivity contribution in [2.24, 2.45) is 0 Å². The molecule has 1 aromatic rings.